The lowest BCUT2D eigenvalue weighted by Crippen LogP contribution is -2.35. The summed E-state index contributed by atoms with van der Waals surface area (Å²) in [6, 6.07) is 11.0. The Morgan fingerprint density at radius 3 is 2.80 bits per heavy atom. The molecule has 20 heavy (non-hydrogen) atoms. The summed E-state index contributed by atoms with van der Waals surface area (Å²) in [6.45, 7) is 0.605. The maximum Gasteiger partial charge on any atom is 0.239 e. The SMILES string of the molecule is CN(Cc1cccnc1)[C@H](C(N)=O)c1cccc(Br)c1. The molecule has 1 aromatic heterocycles. The van der Waals surface area contributed by atoms with Gasteiger partial charge in [0.15, 0.2) is 0 Å². The van der Waals surface area contributed by atoms with Crippen LogP contribution in [0.3, 0.4) is 0 Å². The third-order valence-corrected chi connectivity index (χ3v) is 3.52. The summed E-state index contributed by atoms with van der Waals surface area (Å²) in [5.74, 6) is -0.366. The highest BCUT2D eigenvalue weighted by Gasteiger charge is 2.23. The van der Waals surface area contributed by atoms with Crippen LogP contribution >= 0.6 is 15.9 Å². The van der Waals surface area contributed by atoms with Crippen LogP contribution < -0.4 is 5.73 Å². The molecule has 0 spiro atoms. The van der Waals surface area contributed by atoms with Crippen LogP contribution in [-0.2, 0) is 11.3 Å². The number of halogens is 1. The quantitative estimate of drug-likeness (QED) is 0.914. The number of rotatable bonds is 5. The van der Waals surface area contributed by atoms with Crippen molar-refractivity contribution in [1.82, 2.24) is 9.88 Å². The highest BCUT2D eigenvalue weighted by Crippen LogP contribution is 2.23. The van der Waals surface area contributed by atoms with Crippen LogP contribution in [-0.4, -0.2) is 22.8 Å². The summed E-state index contributed by atoms with van der Waals surface area (Å²) in [6.07, 6.45) is 3.51. The highest BCUT2D eigenvalue weighted by molar-refractivity contribution is 9.10. The molecule has 0 aliphatic heterocycles. The van der Waals surface area contributed by atoms with Crippen molar-refractivity contribution < 1.29 is 4.79 Å². The Bertz CT molecular complexity index is 589. The summed E-state index contributed by atoms with van der Waals surface area (Å²) in [4.78, 5) is 17.8. The Kier molecular flexibility index (Phi) is 4.87. The molecule has 1 aromatic carbocycles. The predicted molar refractivity (Wildman–Crippen MR) is 81.8 cm³/mol. The molecule has 2 aromatic rings. The normalized spacial score (nSPS) is 12.3. The maximum atomic E-state index is 11.8. The van der Waals surface area contributed by atoms with Crippen LogP contribution in [0.4, 0.5) is 0 Å². The molecule has 1 amide bonds. The van der Waals surface area contributed by atoms with Crippen LogP contribution in [0.15, 0.2) is 53.3 Å². The average molecular weight is 334 g/mol. The summed E-state index contributed by atoms with van der Waals surface area (Å²) < 4.78 is 0.927. The van der Waals surface area contributed by atoms with Crippen LogP contribution in [0, 0.1) is 0 Å². The molecule has 4 nitrogen and oxygen atoms in total. The van der Waals surface area contributed by atoms with Gasteiger partial charge in [0, 0.05) is 23.4 Å². The molecule has 0 aliphatic rings. The van der Waals surface area contributed by atoms with Crippen LogP contribution in [0.25, 0.3) is 0 Å². The fourth-order valence-corrected chi connectivity index (χ4v) is 2.60. The Labute approximate surface area is 126 Å². The van der Waals surface area contributed by atoms with Gasteiger partial charge in [-0.25, -0.2) is 0 Å². The second kappa shape index (κ2) is 6.63. The fourth-order valence-electron chi connectivity index (χ4n) is 2.18. The van der Waals surface area contributed by atoms with Crippen molar-refractivity contribution in [1.29, 1.82) is 0 Å². The Balaban J connectivity index is 2.23. The van der Waals surface area contributed by atoms with Gasteiger partial charge in [-0.1, -0.05) is 34.1 Å². The van der Waals surface area contributed by atoms with E-state index < -0.39 is 6.04 Å². The number of hydrogen-bond donors (Lipinski definition) is 1. The van der Waals surface area contributed by atoms with E-state index in [0.29, 0.717) is 6.54 Å². The standard InChI is InChI=1S/C15H16BrN3O/c1-19(10-11-4-3-7-18-9-11)14(15(17)20)12-5-2-6-13(16)8-12/h2-9,14H,10H2,1H3,(H2,17,20)/t14-/m0/s1. The molecule has 2 rings (SSSR count). The molecule has 5 heteroatoms. The Hall–Kier alpha value is -1.72. The van der Waals surface area contributed by atoms with Gasteiger partial charge in [-0.05, 0) is 36.4 Å². The number of nitrogens with two attached hydrogens (primary N) is 1. The largest absolute Gasteiger partial charge is 0.368 e. The summed E-state index contributed by atoms with van der Waals surface area (Å²) in [7, 11) is 1.88. The minimum Gasteiger partial charge on any atom is -0.368 e. The first-order valence-corrected chi connectivity index (χ1v) is 7.01. The number of amides is 1. The van der Waals surface area contributed by atoms with E-state index in [1.54, 1.807) is 12.4 Å². The first kappa shape index (κ1) is 14.7. The zero-order valence-electron chi connectivity index (χ0n) is 11.2. The van der Waals surface area contributed by atoms with Gasteiger partial charge in [-0.2, -0.15) is 0 Å². The summed E-state index contributed by atoms with van der Waals surface area (Å²) in [5.41, 5.74) is 7.47. The maximum absolute atomic E-state index is 11.8. The van der Waals surface area contributed by atoms with Crippen LogP contribution in [0.2, 0.25) is 0 Å². The van der Waals surface area contributed by atoms with Gasteiger partial charge < -0.3 is 5.73 Å². The molecule has 0 unspecified atom stereocenters. The molecule has 1 heterocycles. The Morgan fingerprint density at radius 2 is 2.20 bits per heavy atom. The zero-order chi connectivity index (χ0) is 14.5. The van der Waals surface area contributed by atoms with Gasteiger partial charge in [0.25, 0.3) is 0 Å². The highest BCUT2D eigenvalue weighted by atomic mass is 79.9. The van der Waals surface area contributed by atoms with Crippen molar-refractivity contribution in [2.45, 2.75) is 12.6 Å². The third-order valence-electron chi connectivity index (χ3n) is 3.03. The number of nitrogens with zero attached hydrogens (tertiary/aromatic N) is 2. The lowest BCUT2D eigenvalue weighted by Gasteiger charge is -2.26. The second-order valence-electron chi connectivity index (χ2n) is 4.64. The Morgan fingerprint density at radius 1 is 1.40 bits per heavy atom. The van der Waals surface area contributed by atoms with E-state index in [9.17, 15) is 4.79 Å². The molecule has 1 atom stereocenters. The van der Waals surface area contributed by atoms with E-state index in [-0.39, 0.29) is 5.91 Å². The summed E-state index contributed by atoms with van der Waals surface area (Å²) in [5, 5.41) is 0. The molecule has 104 valence electrons. The van der Waals surface area contributed by atoms with Crippen molar-refractivity contribution in [3.8, 4) is 0 Å². The van der Waals surface area contributed by atoms with Crippen molar-refractivity contribution in [2.75, 3.05) is 7.05 Å². The van der Waals surface area contributed by atoms with Gasteiger partial charge in [0.2, 0.25) is 5.91 Å². The van der Waals surface area contributed by atoms with E-state index in [0.717, 1.165) is 15.6 Å². The van der Waals surface area contributed by atoms with Gasteiger partial charge >= 0.3 is 0 Å². The predicted octanol–water partition coefficient (Wildman–Crippen LogP) is 2.50. The van der Waals surface area contributed by atoms with Crippen molar-refractivity contribution in [2.24, 2.45) is 5.73 Å². The van der Waals surface area contributed by atoms with Crippen molar-refractivity contribution in [3.63, 3.8) is 0 Å². The number of carbonyl (C=O) groups is 1. The van der Waals surface area contributed by atoms with Gasteiger partial charge in [0.05, 0.1) is 0 Å². The lowest BCUT2D eigenvalue weighted by atomic mass is 10.0. The first-order chi connectivity index (χ1) is 9.58. The smallest absolute Gasteiger partial charge is 0.239 e. The van der Waals surface area contributed by atoms with Crippen LogP contribution in [0.5, 0.6) is 0 Å². The first-order valence-electron chi connectivity index (χ1n) is 6.22. The van der Waals surface area contributed by atoms with Crippen molar-refractivity contribution in [3.05, 3.63) is 64.4 Å². The van der Waals surface area contributed by atoms with Crippen LogP contribution in [0.1, 0.15) is 17.2 Å². The van der Waals surface area contributed by atoms with Crippen molar-refractivity contribution >= 4 is 21.8 Å². The van der Waals surface area contributed by atoms with E-state index in [2.05, 4.69) is 20.9 Å². The molecule has 0 fully saturated rings. The number of benzene rings is 1. The molecule has 0 aliphatic carbocycles. The third kappa shape index (κ3) is 3.65. The molecule has 0 saturated carbocycles. The minimum absolute atomic E-state index is 0.366. The molecular formula is C15H16BrN3O. The molecule has 0 bridgehead atoms. The number of carbonyl (C=O) groups excluding carboxylic acids is 1. The topological polar surface area (TPSA) is 59.2 Å². The van der Waals surface area contributed by atoms with E-state index in [1.807, 2.05) is 48.3 Å². The lowest BCUT2D eigenvalue weighted by molar-refractivity contribution is -0.123. The number of hydrogen-bond acceptors (Lipinski definition) is 3. The average Bonchev–Trinajstić information content (AvgIpc) is 2.39. The van der Waals surface area contributed by atoms with E-state index >= 15 is 0 Å². The second-order valence-corrected chi connectivity index (χ2v) is 5.55. The monoisotopic (exact) mass is 333 g/mol. The van der Waals surface area contributed by atoms with Gasteiger partial charge in [-0.15, -0.1) is 0 Å². The van der Waals surface area contributed by atoms with Gasteiger partial charge in [0.1, 0.15) is 6.04 Å². The van der Waals surface area contributed by atoms with E-state index in [1.165, 1.54) is 0 Å². The molecule has 0 saturated heterocycles. The number of aromatic nitrogens is 1. The molecular weight excluding hydrogens is 318 g/mol. The van der Waals surface area contributed by atoms with Gasteiger partial charge in [-0.3, -0.25) is 14.7 Å². The number of primary amides is 1. The van der Waals surface area contributed by atoms with E-state index in [4.69, 9.17) is 5.73 Å². The number of pyridine rings is 1. The summed E-state index contributed by atoms with van der Waals surface area (Å²) >= 11 is 3.41. The molecule has 0 radical (unpaired) electrons. The fraction of sp³-hybridized carbons (Fsp3) is 0.200. The minimum atomic E-state index is -0.465. The zero-order valence-corrected chi connectivity index (χ0v) is 12.7. The molecule has 2 N–H and O–H groups in total. The number of likely N-dealkylation sites (N-methyl/N-ethyl adjacent to an activating group) is 1.